The summed E-state index contributed by atoms with van der Waals surface area (Å²) in [5.41, 5.74) is -0.968. The molecule has 0 fully saturated rings. The summed E-state index contributed by atoms with van der Waals surface area (Å²) in [6.45, 7) is 10.8. The van der Waals surface area contributed by atoms with E-state index in [1.807, 2.05) is 0 Å². The molecule has 0 atom stereocenters. The zero-order valence-corrected chi connectivity index (χ0v) is 14.0. The average Bonchev–Trinajstić information content (AvgIpc) is 2.10. The minimum Gasteiger partial charge on any atom is -0.480 e. The number of rotatable bonds is 2. The van der Waals surface area contributed by atoms with E-state index in [1.54, 1.807) is 41.5 Å². The van der Waals surface area contributed by atoms with Gasteiger partial charge in [-0.15, -0.1) is 0 Å². The average molecular weight is 357 g/mol. The maximum Gasteiger partial charge on any atom is 0.509 e. The molecule has 0 bridgehead atoms. The Balaban J connectivity index is 0. The molecule has 7 nitrogen and oxygen atoms in total. The Kier molecular flexibility index (Phi) is 8.49. The number of carbonyl (C=O) groups is 3. The van der Waals surface area contributed by atoms with Crippen LogP contribution in [0.2, 0.25) is 0 Å². The Bertz CT molecular complexity index is 320. The molecule has 118 valence electrons. The van der Waals surface area contributed by atoms with Crippen molar-refractivity contribution in [2.45, 2.75) is 57.6 Å². The lowest BCUT2D eigenvalue weighted by Gasteiger charge is -2.24. The van der Waals surface area contributed by atoms with Crippen LogP contribution >= 0.6 is 15.9 Å². The molecule has 0 heterocycles. The van der Waals surface area contributed by atoms with Gasteiger partial charge in [0.2, 0.25) is 4.83 Å². The molecule has 8 heteroatoms. The summed E-state index contributed by atoms with van der Waals surface area (Å²) in [5.74, 6) is -2.78. The molecule has 0 aromatic heterocycles. The lowest BCUT2D eigenvalue weighted by molar-refractivity contribution is -0.145. The van der Waals surface area contributed by atoms with Gasteiger partial charge in [-0.25, -0.2) is 4.79 Å². The van der Waals surface area contributed by atoms with Gasteiger partial charge in [0.25, 0.3) is 0 Å². The largest absolute Gasteiger partial charge is 0.509 e. The van der Waals surface area contributed by atoms with Crippen molar-refractivity contribution in [3.8, 4) is 0 Å². The van der Waals surface area contributed by atoms with Crippen molar-refractivity contribution in [2.75, 3.05) is 0 Å². The van der Waals surface area contributed by atoms with Crippen LogP contribution in [0.25, 0.3) is 0 Å². The minimum absolute atomic E-state index is 0.484. The number of alkyl halides is 1. The molecule has 0 rings (SSSR count). The van der Waals surface area contributed by atoms with E-state index >= 15 is 0 Å². The van der Waals surface area contributed by atoms with Crippen molar-refractivity contribution >= 4 is 34.0 Å². The molecular formula is C12H21BrO7. The molecule has 0 saturated heterocycles. The SMILES string of the molecule is CC(C)(C)OC(=O)OC(C)(C)C.O=C(O)C(Br)C(=O)O. The van der Waals surface area contributed by atoms with Crippen LogP contribution in [0, 0.1) is 0 Å². The van der Waals surface area contributed by atoms with Crippen molar-refractivity contribution in [2.24, 2.45) is 0 Å². The van der Waals surface area contributed by atoms with Crippen molar-refractivity contribution in [3.05, 3.63) is 0 Å². The van der Waals surface area contributed by atoms with E-state index < -0.39 is 34.1 Å². The highest BCUT2D eigenvalue weighted by Crippen LogP contribution is 2.13. The monoisotopic (exact) mass is 356 g/mol. The lowest BCUT2D eigenvalue weighted by Crippen LogP contribution is -2.30. The summed E-state index contributed by atoms with van der Waals surface area (Å²) in [7, 11) is 0. The van der Waals surface area contributed by atoms with Gasteiger partial charge in [0.15, 0.2) is 0 Å². The van der Waals surface area contributed by atoms with Crippen molar-refractivity contribution in [1.29, 1.82) is 0 Å². The summed E-state index contributed by atoms with van der Waals surface area (Å²) in [6.07, 6.45) is -0.616. The topological polar surface area (TPSA) is 110 Å². The van der Waals surface area contributed by atoms with E-state index in [9.17, 15) is 14.4 Å². The van der Waals surface area contributed by atoms with Gasteiger partial charge < -0.3 is 19.7 Å². The molecule has 2 N–H and O–H groups in total. The Morgan fingerprint density at radius 1 is 0.850 bits per heavy atom. The Morgan fingerprint density at radius 2 is 1.10 bits per heavy atom. The van der Waals surface area contributed by atoms with Crippen LogP contribution in [0.5, 0.6) is 0 Å². The summed E-state index contributed by atoms with van der Waals surface area (Å²) in [4.78, 5) is 29.0. The predicted octanol–water partition coefficient (Wildman–Crippen LogP) is 2.66. The van der Waals surface area contributed by atoms with Gasteiger partial charge >= 0.3 is 18.1 Å². The summed E-state index contributed by atoms with van der Waals surface area (Å²) < 4.78 is 9.91. The highest BCUT2D eigenvalue weighted by Gasteiger charge is 2.22. The van der Waals surface area contributed by atoms with E-state index in [-0.39, 0.29) is 0 Å². The summed E-state index contributed by atoms with van der Waals surface area (Å²) in [6, 6.07) is 0. The fourth-order valence-corrected chi connectivity index (χ4v) is 0.626. The number of aliphatic carboxylic acids is 2. The fraction of sp³-hybridized carbons (Fsp3) is 0.750. The molecule has 0 spiro atoms. The Hall–Kier alpha value is -1.31. The number of hydrogen-bond donors (Lipinski definition) is 2. The van der Waals surface area contributed by atoms with Crippen molar-refractivity contribution in [3.63, 3.8) is 0 Å². The normalized spacial score (nSPS) is 11.2. The maximum atomic E-state index is 11.0. The van der Waals surface area contributed by atoms with Crippen LogP contribution in [-0.4, -0.2) is 44.3 Å². The van der Waals surface area contributed by atoms with E-state index in [0.717, 1.165) is 0 Å². The first-order valence-corrected chi connectivity index (χ1v) is 6.59. The molecule has 0 aromatic carbocycles. The minimum atomic E-state index is -1.48. The molecule has 0 aliphatic carbocycles. The fourth-order valence-electron chi connectivity index (χ4n) is 0.626. The molecule has 0 amide bonds. The summed E-state index contributed by atoms with van der Waals surface area (Å²) in [5, 5.41) is 15.8. The number of carboxylic acid groups (broad SMARTS) is 2. The van der Waals surface area contributed by atoms with Gasteiger partial charge in [0.1, 0.15) is 11.2 Å². The van der Waals surface area contributed by atoms with Gasteiger partial charge in [0, 0.05) is 0 Å². The number of halogens is 1. The number of hydrogen-bond acceptors (Lipinski definition) is 5. The maximum absolute atomic E-state index is 11.0. The van der Waals surface area contributed by atoms with E-state index in [1.165, 1.54) is 0 Å². The number of ether oxygens (including phenoxy) is 2. The zero-order valence-electron chi connectivity index (χ0n) is 12.4. The highest BCUT2D eigenvalue weighted by molar-refractivity contribution is 9.10. The van der Waals surface area contributed by atoms with Crippen LogP contribution in [0.1, 0.15) is 41.5 Å². The van der Waals surface area contributed by atoms with Crippen molar-refractivity contribution < 1.29 is 34.1 Å². The lowest BCUT2D eigenvalue weighted by atomic mass is 10.2. The first-order chi connectivity index (χ1) is 8.65. The quantitative estimate of drug-likeness (QED) is 0.444. The van der Waals surface area contributed by atoms with Gasteiger partial charge in [-0.05, 0) is 41.5 Å². The Morgan fingerprint density at radius 3 is 1.20 bits per heavy atom. The molecule has 0 unspecified atom stereocenters. The second-order valence-electron chi connectivity index (χ2n) is 5.72. The third-order valence-corrected chi connectivity index (χ3v) is 2.00. The Labute approximate surface area is 126 Å². The van der Waals surface area contributed by atoms with Crippen LogP contribution < -0.4 is 0 Å². The van der Waals surface area contributed by atoms with E-state index in [2.05, 4.69) is 15.9 Å². The van der Waals surface area contributed by atoms with Crippen LogP contribution in [0.4, 0.5) is 4.79 Å². The molecule has 0 radical (unpaired) electrons. The second-order valence-corrected chi connectivity index (χ2v) is 6.63. The molecular weight excluding hydrogens is 336 g/mol. The second kappa shape index (κ2) is 8.08. The molecule has 0 aromatic rings. The third kappa shape index (κ3) is 14.7. The molecule has 20 heavy (non-hydrogen) atoms. The third-order valence-electron chi connectivity index (χ3n) is 1.21. The number of carboxylic acids is 2. The molecule has 0 aliphatic heterocycles. The first kappa shape index (κ1) is 21.0. The highest BCUT2D eigenvalue weighted by atomic mass is 79.9. The molecule has 0 saturated carbocycles. The standard InChI is InChI=1S/C9H18O3.C3H3BrO4/c1-8(2,3)11-7(10)12-9(4,5)6;4-1(2(5)6)3(7)8/h1-6H3;1H,(H,5,6)(H,7,8). The van der Waals surface area contributed by atoms with Crippen LogP contribution in [0.3, 0.4) is 0 Å². The van der Waals surface area contributed by atoms with E-state index in [4.69, 9.17) is 19.7 Å². The van der Waals surface area contributed by atoms with E-state index in [0.29, 0.717) is 0 Å². The van der Waals surface area contributed by atoms with Gasteiger partial charge in [0.05, 0.1) is 0 Å². The van der Waals surface area contributed by atoms with Crippen molar-refractivity contribution in [1.82, 2.24) is 0 Å². The van der Waals surface area contributed by atoms with Crippen LogP contribution in [-0.2, 0) is 19.1 Å². The van der Waals surface area contributed by atoms with Gasteiger partial charge in [-0.3, -0.25) is 9.59 Å². The van der Waals surface area contributed by atoms with Gasteiger partial charge in [-0.1, -0.05) is 15.9 Å². The smallest absolute Gasteiger partial charge is 0.480 e. The van der Waals surface area contributed by atoms with Crippen LogP contribution in [0.15, 0.2) is 0 Å². The summed E-state index contributed by atoms with van der Waals surface area (Å²) >= 11 is 2.41. The number of carbonyl (C=O) groups excluding carboxylic acids is 1. The first-order valence-electron chi connectivity index (χ1n) is 5.67. The zero-order chi connectivity index (χ0) is 16.7. The molecule has 0 aliphatic rings. The predicted molar refractivity (Wildman–Crippen MR) is 75.1 cm³/mol. The van der Waals surface area contributed by atoms with Gasteiger partial charge in [-0.2, -0.15) is 0 Å².